The molecule has 1 aliphatic rings. The SMILES string of the molecule is CCc1ccc2ccc(C=CC(C)(C(=O)O)C3CCOC3)cc2n1. The lowest BCUT2D eigenvalue weighted by molar-refractivity contribution is -0.147. The first-order valence-corrected chi connectivity index (χ1v) is 8.43. The van der Waals surface area contributed by atoms with E-state index in [-0.39, 0.29) is 5.92 Å². The van der Waals surface area contributed by atoms with Crippen LogP contribution in [0.4, 0.5) is 0 Å². The number of aliphatic carboxylic acids is 1. The molecule has 24 heavy (non-hydrogen) atoms. The number of fused-ring (bicyclic) bond motifs is 1. The maximum atomic E-state index is 11.8. The molecular formula is C20H23NO3. The fourth-order valence-electron chi connectivity index (χ4n) is 3.14. The molecule has 4 heteroatoms. The van der Waals surface area contributed by atoms with Gasteiger partial charge < -0.3 is 9.84 Å². The Balaban J connectivity index is 1.91. The number of carboxylic acid groups (broad SMARTS) is 1. The quantitative estimate of drug-likeness (QED) is 0.904. The molecule has 0 radical (unpaired) electrons. The Hall–Kier alpha value is -2.20. The highest BCUT2D eigenvalue weighted by Gasteiger charge is 2.41. The molecular weight excluding hydrogens is 302 g/mol. The number of nitrogens with zero attached hydrogens (tertiary/aromatic N) is 1. The molecule has 1 N–H and O–H groups in total. The van der Waals surface area contributed by atoms with Crippen molar-refractivity contribution < 1.29 is 14.6 Å². The van der Waals surface area contributed by atoms with Gasteiger partial charge >= 0.3 is 5.97 Å². The van der Waals surface area contributed by atoms with Crippen LogP contribution in [0.3, 0.4) is 0 Å². The van der Waals surface area contributed by atoms with Crippen molar-refractivity contribution in [1.29, 1.82) is 0 Å². The van der Waals surface area contributed by atoms with Crippen LogP contribution < -0.4 is 0 Å². The number of carboxylic acids is 1. The van der Waals surface area contributed by atoms with E-state index in [1.165, 1.54) is 0 Å². The van der Waals surface area contributed by atoms with Crippen LogP contribution in [0.25, 0.3) is 17.0 Å². The number of aryl methyl sites for hydroxylation is 1. The van der Waals surface area contributed by atoms with Gasteiger partial charge in [0.15, 0.2) is 0 Å². The highest BCUT2D eigenvalue weighted by atomic mass is 16.5. The summed E-state index contributed by atoms with van der Waals surface area (Å²) in [7, 11) is 0. The minimum absolute atomic E-state index is 0.0107. The first kappa shape index (κ1) is 16.7. The van der Waals surface area contributed by atoms with Crippen LogP contribution in [0.1, 0.15) is 31.5 Å². The Bertz CT molecular complexity index is 778. The number of ether oxygens (including phenoxy) is 1. The maximum absolute atomic E-state index is 11.8. The molecule has 1 aliphatic heterocycles. The number of aromatic nitrogens is 1. The standard InChI is InChI=1S/C20H23NO3/c1-3-17-7-6-15-5-4-14(12-18(15)21-17)8-10-20(2,19(22)23)16-9-11-24-13-16/h4-8,10,12,16H,3,9,11,13H2,1-2H3,(H,22,23). The smallest absolute Gasteiger partial charge is 0.313 e. The van der Waals surface area contributed by atoms with Crippen molar-refractivity contribution in [3.05, 3.63) is 47.7 Å². The summed E-state index contributed by atoms with van der Waals surface area (Å²) < 4.78 is 5.38. The van der Waals surface area contributed by atoms with E-state index < -0.39 is 11.4 Å². The molecule has 1 aromatic heterocycles. The number of hydrogen-bond acceptors (Lipinski definition) is 3. The summed E-state index contributed by atoms with van der Waals surface area (Å²) >= 11 is 0. The van der Waals surface area contributed by atoms with Crippen LogP contribution in [0.2, 0.25) is 0 Å². The van der Waals surface area contributed by atoms with Crippen LogP contribution in [-0.4, -0.2) is 29.3 Å². The van der Waals surface area contributed by atoms with E-state index in [1.54, 1.807) is 13.0 Å². The van der Waals surface area contributed by atoms with Gasteiger partial charge in [-0.15, -0.1) is 0 Å². The van der Waals surface area contributed by atoms with E-state index in [1.807, 2.05) is 30.3 Å². The minimum Gasteiger partial charge on any atom is -0.481 e. The zero-order chi connectivity index (χ0) is 17.2. The largest absolute Gasteiger partial charge is 0.481 e. The molecule has 2 atom stereocenters. The second-order valence-corrected chi connectivity index (χ2v) is 6.59. The van der Waals surface area contributed by atoms with Gasteiger partial charge in [0.25, 0.3) is 0 Å². The van der Waals surface area contributed by atoms with Crippen molar-refractivity contribution in [2.24, 2.45) is 11.3 Å². The Morgan fingerprint density at radius 3 is 2.88 bits per heavy atom. The monoisotopic (exact) mass is 325 g/mol. The first-order valence-electron chi connectivity index (χ1n) is 8.43. The average molecular weight is 325 g/mol. The van der Waals surface area contributed by atoms with Crippen LogP contribution in [-0.2, 0) is 16.0 Å². The van der Waals surface area contributed by atoms with Crippen LogP contribution in [0.15, 0.2) is 36.4 Å². The molecule has 1 aromatic carbocycles. The summed E-state index contributed by atoms with van der Waals surface area (Å²) in [5, 5.41) is 10.8. The molecule has 0 aliphatic carbocycles. The predicted molar refractivity (Wildman–Crippen MR) is 94.8 cm³/mol. The number of benzene rings is 1. The van der Waals surface area contributed by atoms with Gasteiger partial charge in [-0.2, -0.15) is 0 Å². The van der Waals surface area contributed by atoms with E-state index in [0.717, 1.165) is 35.0 Å². The fourth-order valence-corrected chi connectivity index (χ4v) is 3.14. The van der Waals surface area contributed by atoms with Crippen LogP contribution in [0.5, 0.6) is 0 Å². The Kier molecular flexibility index (Phi) is 4.67. The molecule has 4 nitrogen and oxygen atoms in total. The van der Waals surface area contributed by atoms with Crippen molar-refractivity contribution in [3.63, 3.8) is 0 Å². The number of hydrogen-bond donors (Lipinski definition) is 1. The lowest BCUT2D eigenvalue weighted by Gasteiger charge is -2.26. The molecule has 2 heterocycles. The van der Waals surface area contributed by atoms with E-state index >= 15 is 0 Å². The fraction of sp³-hybridized carbons (Fsp3) is 0.400. The zero-order valence-corrected chi connectivity index (χ0v) is 14.2. The molecule has 0 amide bonds. The van der Waals surface area contributed by atoms with Gasteiger partial charge in [0, 0.05) is 23.6 Å². The highest BCUT2D eigenvalue weighted by molar-refractivity contribution is 5.82. The Morgan fingerprint density at radius 2 is 2.21 bits per heavy atom. The third kappa shape index (κ3) is 3.20. The molecule has 0 spiro atoms. The van der Waals surface area contributed by atoms with Gasteiger partial charge in [-0.25, -0.2) is 0 Å². The molecule has 0 saturated carbocycles. The lowest BCUT2D eigenvalue weighted by atomic mass is 9.76. The molecule has 2 aromatic rings. The number of rotatable bonds is 5. The van der Waals surface area contributed by atoms with Crippen molar-refractivity contribution in [3.8, 4) is 0 Å². The topological polar surface area (TPSA) is 59.4 Å². The van der Waals surface area contributed by atoms with Gasteiger partial charge in [-0.05, 0) is 37.5 Å². The second kappa shape index (κ2) is 6.73. The lowest BCUT2D eigenvalue weighted by Crippen LogP contribution is -2.34. The molecule has 126 valence electrons. The van der Waals surface area contributed by atoms with Crippen LogP contribution in [0, 0.1) is 11.3 Å². The van der Waals surface area contributed by atoms with Crippen molar-refractivity contribution in [1.82, 2.24) is 4.98 Å². The normalized spacial score (nSPS) is 20.5. The summed E-state index contributed by atoms with van der Waals surface area (Å²) in [5.41, 5.74) is 2.05. The summed E-state index contributed by atoms with van der Waals surface area (Å²) in [4.78, 5) is 16.4. The van der Waals surface area contributed by atoms with Crippen molar-refractivity contribution in [2.75, 3.05) is 13.2 Å². The summed E-state index contributed by atoms with van der Waals surface area (Å²) in [6.07, 6.45) is 5.38. The maximum Gasteiger partial charge on any atom is 0.313 e. The van der Waals surface area contributed by atoms with Gasteiger partial charge in [0.05, 0.1) is 17.5 Å². The van der Waals surface area contributed by atoms with Gasteiger partial charge in [-0.1, -0.05) is 37.3 Å². The molecule has 2 unspecified atom stereocenters. The summed E-state index contributed by atoms with van der Waals surface area (Å²) in [6.45, 7) is 5.01. The van der Waals surface area contributed by atoms with E-state index in [9.17, 15) is 9.90 Å². The average Bonchev–Trinajstić information content (AvgIpc) is 3.13. The van der Waals surface area contributed by atoms with Crippen LogP contribution >= 0.6 is 0 Å². The Labute approximate surface area is 142 Å². The van der Waals surface area contributed by atoms with Gasteiger partial charge in [0.1, 0.15) is 0 Å². The molecule has 0 bridgehead atoms. The third-order valence-corrected chi connectivity index (χ3v) is 5.00. The number of carbonyl (C=O) groups is 1. The van der Waals surface area contributed by atoms with Crippen molar-refractivity contribution >= 4 is 22.9 Å². The third-order valence-electron chi connectivity index (χ3n) is 5.00. The van der Waals surface area contributed by atoms with E-state index in [2.05, 4.69) is 18.0 Å². The van der Waals surface area contributed by atoms with Crippen molar-refractivity contribution in [2.45, 2.75) is 26.7 Å². The minimum atomic E-state index is -0.913. The molecule has 1 saturated heterocycles. The second-order valence-electron chi connectivity index (χ2n) is 6.59. The van der Waals surface area contributed by atoms with E-state index in [4.69, 9.17) is 4.74 Å². The number of pyridine rings is 1. The highest BCUT2D eigenvalue weighted by Crippen LogP contribution is 2.36. The first-order chi connectivity index (χ1) is 11.5. The molecule has 3 rings (SSSR count). The summed E-state index contributed by atoms with van der Waals surface area (Å²) in [5.74, 6) is -0.794. The zero-order valence-electron chi connectivity index (χ0n) is 14.2. The molecule has 1 fully saturated rings. The van der Waals surface area contributed by atoms with Gasteiger partial charge in [0.2, 0.25) is 0 Å². The van der Waals surface area contributed by atoms with Gasteiger partial charge in [-0.3, -0.25) is 9.78 Å². The predicted octanol–water partition coefficient (Wildman–Crippen LogP) is 3.94. The van der Waals surface area contributed by atoms with E-state index in [0.29, 0.717) is 13.2 Å². The summed E-state index contributed by atoms with van der Waals surface area (Å²) in [6, 6.07) is 10.2. The Morgan fingerprint density at radius 1 is 1.42 bits per heavy atom.